The predicted molar refractivity (Wildman–Crippen MR) is 80.9 cm³/mol. The molecule has 0 spiro atoms. The highest BCUT2D eigenvalue weighted by molar-refractivity contribution is 9.10. The highest BCUT2D eigenvalue weighted by Crippen LogP contribution is 2.24. The van der Waals surface area contributed by atoms with E-state index >= 15 is 0 Å². The van der Waals surface area contributed by atoms with E-state index in [0.717, 1.165) is 12.6 Å². The average Bonchev–Trinajstić information content (AvgIpc) is 2.36. The first-order valence-electron chi connectivity index (χ1n) is 6.70. The quantitative estimate of drug-likeness (QED) is 0.845. The molecule has 100 valence electrons. The molecular weight excluding hydrogens is 288 g/mol. The Hall–Kier alpha value is -0.380. The van der Waals surface area contributed by atoms with E-state index < -0.39 is 0 Å². The van der Waals surface area contributed by atoms with Crippen LogP contribution in [0.4, 0.5) is 0 Å². The van der Waals surface area contributed by atoms with E-state index in [1.54, 1.807) is 0 Å². The zero-order valence-corrected chi connectivity index (χ0v) is 13.2. The summed E-state index contributed by atoms with van der Waals surface area (Å²) in [5.41, 5.74) is 2.72. The number of benzene rings is 1. The van der Waals surface area contributed by atoms with E-state index in [-0.39, 0.29) is 0 Å². The van der Waals surface area contributed by atoms with E-state index in [0.29, 0.717) is 0 Å². The van der Waals surface area contributed by atoms with Gasteiger partial charge in [0.1, 0.15) is 0 Å². The topological polar surface area (TPSA) is 6.48 Å². The maximum atomic E-state index is 3.71. The molecule has 2 rings (SSSR count). The average molecular weight is 311 g/mol. The van der Waals surface area contributed by atoms with Crippen molar-refractivity contribution in [2.45, 2.75) is 32.4 Å². The fourth-order valence-corrected chi connectivity index (χ4v) is 3.05. The van der Waals surface area contributed by atoms with Crippen LogP contribution in [-0.2, 0) is 6.54 Å². The summed E-state index contributed by atoms with van der Waals surface area (Å²) in [5.74, 6) is 0. The number of halogens is 1. The van der Waals surface area contributed by atoms with Gasteiger partial charge < -0.3 is 4.90 Å². The normalized spacial score (nSPS) is 18.5. The number of nitrogens with zero attached hydrogens (tertiary/aromatic N) is 2. The van der Waals surface area contributed by atoms with Gasteiger partial charge in [0.2, 0.25) is 0 Å². The van der Waals surface area contributed by atoms with E-state index in [2.05, 4.69) is 64.9 Å². The standard InChI is InChI=1S/C15H23BrN2/c1-12-5-4-6-13(15(12)16)11-18(3)14-7-9-17(2)10-8-14/h4-6,14H,7-11H2,1-3H3. The summed E-state index contributed by atoms with van der Waals surface area (Å²) in [4.78, 5) is 4.93. The molecule has 1 saturated heterocycles. The van der Waals surface area contributed by atoms with Gasteiger partial charge in [-0.1, -0.05) is 34.1 Å². The second-order valence-electron chi connectivity index (χ2n) is 5.50. The Morgan fingerprint density at radius 3 is 2.67 bits per heavy atom. The Balaban J connectivity index is 1.98. The van der Waals surface area contributed by atoms with Crippen molar-refractivity contribution in [3.05, 3.63) is 33.8 Å². The minimum atomic E-state index is 0.730. The maximum absolute atomic E-state index is 3.71. The first-order chi connectivity index (χ1) is 8.58. The lowest BCUT2D eigenvalue weighted by atomic mass is 10.0. The maximum Gasteiger partial charge on any atom is 0.0249 e. The molecule has 0 aliphatic carbocycles. The smallest absolute Gasteiger partial charge is 0.0249 e. The van der Waals surface area contributed by atoms with Crippen LogP contribution in [0.3, 0.4) is 0 Å². The van der Waals surface area contributed by atoms with Crippen LogP contribution in [0.15, 0.2) is 22.7 Å². The van der Waals surface area contributed by atoms with Crippen LogP contribution in [0, 0.1) is 6.92 Å². The molecule has 0 N–H and O–H groups in total. The van der Waals surface area contributed by atoms with Crippen molar-refractivity contribution in [3.8, 4) is 0 Å². The zero-order chi connectivity index (χ0) is 13.1. The molecule has 1 aromatic carbocycles. The third kappa shape index (κ3) is 3.34. The fourth-order valence-electron chi connectivity index (χ4n) is 2.66. The second-order valence-corrected chi connectivity index (χ2v) is 6.29. The third-order valence-electron chi connectivity index (χ3n) is 4.00. The van der Waals surface area contributed by atoms with Crippen molar-refractivity contribution < 1.29 is 0 Å². The zero-order valence-electron chi connectivity index (χ0n) is 11.6. The Morgan fingerprint density at radius 2 is 2.00 bits per heavy atom. The largest absolute Gasteiger partial charge is 0.306 e. The molecule has 3 heteroatoms. The van der Waals surface area contributed by atoms with Crippen LogP contribution in [0.1, 0.15) is 24.0 Å². The van der Waals surface area contributed by atoms with Crippen molar-refractivity contribution >= 4 is 15.9 Å². The van der Waals surface area contributed by atoms with Gasteiger partial charge in [-0.2, -0.15) is 0 Å². The Bertz CT molecular complexity index is 397. The van der Waals surface area contributed by atoms with Gasteiger partial charge in [-0.25, -0.2) is 0 Å². The molecule has 0 bridgehead atoms. The van der Waals surface area contributed by atoms with Crippen LogP contribution in [0.2, 0.25) is 0 Å². The molecule has 0 aromatic heterocycles. The van der Waals surface area contributed by atoms with Gasteiger partial charge in [0.25, 0.3) is 0 Å². The van der Waals surface area contributed by atoms with Crippen molar-refractivity contribution in [1.29, 1.82) is 0 Å². The highest BCUT2D eigenvalue weighted by atomic mass is 79.9. The first kappa shape index (κ1) is 14.0. The van der Waals surface area contributed by atoms with Gasteiger partial charge in [0, 0.05) is 17.1 Å². The lowest BCUT2D eigenvalue weighted by molar-refractivity contribution is 0.139. The number of piperidine rings is 1. The summed E-state index contributed by atoms with van der Waals surface area (Å²) < 4.78 is 1.27. The number of likely N-dealkylation sites (tertiary alicyclic amines) is 1. The van der Waals surface area contributed by atoms with Crippen molar-refractivity contribution in [2.75, 3.05) is 27.2 Å². The molecule has 0 radical (unpaired) electrons. The number of aryl methyl sites for hydroxylation is 1. The van der Waals surface area contributed by atoms with E-state index in [9.17, 15) is 0 Å². The molecule has 1 aliphatic heterocycles. The Morgan fingerprint density at radius 1 is 1.33 bits per heavy atom. The summed E-state index contributed by atoms with van der Waals surface area (Å²) in [6, 6.07) is 7.26. The summed E-state index contributed by atoms with van der Waals surface area (Å²) >= 11 is 3.71. The van der Waals surface area contributed by atoms with Crippen LogP contribution in [0.25, 0.3) is 0 Å². The Labute approximate surface area is 119 Å². The van der Waals surface area contributed by atoms with Gasteiger partial charge in [-0.3, -0.25) is 4.90 Å². The number of hydrogen-bond donors (Lipinski definition) is 0. The minimum absolute atomic E-state index is 0.730. The summed E-state index contributed by atoms with van der Waals surface area (Å²) in [6.45, 7) is 5.65. The SMILES string of the molecule is Cc1cccc(CN(C)C2CCN(C)CC2)c1Br. The van der Waals surface area contributed by atoms with Crippen molar-refractivity contribution in [2.24, 2.45) is 0 Å². The highest BCUT2D eigenvalue weighted by Gasteiger charge is 2.20. The van der Waals surface area contributed by atoms with Crippen LogP contribution >= 0.6 is 15.9 Å². The molecule has 1 fully saturated rings. The molecule has 1 aliphatic rings. The van der Waals surface area contributed by atoms with Crippen molar-refractivity contribution in [1.82, 2.24) is 9.80 Å². The summed E-state index contributed by atoms with van der Waals surface area (Å²) in [6.07, 6.45) is 2.58. The van der Waals surface area contributed by atoms with Gasteiger partial charge in [-0.15, -0.1) is 0 Å². The molecule has 1 heterocycles. The van der Waals surface area contributed by atoms with Gasteiger partial charge in [0.15, 0.2) is 0 Å². The molecule has 1 aromatic rings. The van der Waals surface area contributed by atoms with E-state index in [4.69, 9.17) is 0 Å². The predicted octanol–water partition coefficient (Wildman–Crippen LogP) is 3.28. The molecule has 2 nitrogen and oxygen atoms in total. The lowest BCUT2D eigenvalue weighted by Crippen LogP contribution is -2.41. The van der Waals surface area contributed by atoms with Crippen LogP contribution < -0.4 is 0 Å². The Kier molecular flexibility index (Phi) is 4.82. The van der Waals surface area contributed by atoms with Gasteiger partial charge >= 0.3 is 0 Å². The minimum Gasteiger partial charge on any atom is -0.306 e. The van der Waals surface area contributed by atoms with E-state index in [1.165, 1.54) is 41.5 Å². The van der Waals surface area contributed by atoms with Crippen molar-refractivity contribution in [3.63, 3.8) is 0 Å². The second kappa shape index (κ2) is 6.18. The molecule has 18 heavy (non-hydrogen) atoms. The van der Waals surface area contributed by atoms with Crippen LogP contribution in [0.5, 0.6) is 0 Å². The summed E-state index contributed by atoms with van der Waals surface area (Å²) in [5, 5.41) is 0. The molecule has 0 atom stereocenters. The molecule has 0 saturated carbocycles. The summed E-state index contributed by atoms with van der Waals surface area (Å²) in [7, 11) is 4.47. The molecule has 0 amide bonds. The number of rotatable bonds is 3. The lowest BCUT2D eigenvalue weighted by Gasteiger charge is -2.35. The molecule has 0 unspecified atom stereocenters. The third-order valence-corrected chi connectivity index (χ3v) is 5.14. The van der Waals surface area contributed by atoms with E-state index in [1.807, 2.05) is 0 Å². The molecular formula is C15H23BrN2. The van der Waals surface area contributed by atoms with Crippen LogP contribution in [-0.4, -0.2) is 43.0 Å². The first-order valence-corrected chi connectivity index (χ1v) is 7.50. The number of hydrogen-bond acceptors (Lipinski definition) is 2. The van der Waals surface area contributed by atoms with Gasteiger partial charge in [0.05, 0.1) is 0 Å². The monoisotopic (exact) mass is 310 g/mol. The van der Waals surface area contributed by atoms with Gasteiger partial charge in [-0.05, 0) is 58.1 Å². The fraction of sp³-hybridized carbons (Fsp3) is 0.600.